The van der Waals surface area contributed by atoms with Crippen molar-refractivity contribution >= 4 is 16.8 Å². The summed E-state index contributed by atoms with van der Waals surface area (Å²) in [6.45, 7) is 6.91. The molecule has 4 nitrogen and oxygen atoms in total. The fourth-order valence-corrected chi connectivity index (χ4v) is 3.61. The van der Waals surface area contributed by atoms with E-state index in [1.54, 1.807) is 0 Å². The van der Waals surface area contributed by atoms with Crippen LogP contribution in [0.3, 0.4) is 0 Å². The second-order valence-corrected chi connectivity index (χ2v) is 7.85. The van der Waals surface area contributed by atoms with Crippen LogP contribution in [0.1, 0.15) is 52.5 Å². The molecule has 3 aromatic carbocycles. The van der Waals surface area contributed by atoms with Crippen molar-refractivity contribution in [3.63, 3.8) is 0 Å². The van der Waals surface area contributed by atoms with Gasteiger partial charge in [0.1, 0.15) is 0 Å². The van der Waals surface area contributed by atoms with Crippen molar-refractivity contribution in [1.82, 2.24) is 15.1 Å². The lowest BCUT2D eigenvalue weighted by Crippen LogP contribution is -2.26. The summed E-state index contributed by atoms with van der Waals surface area (Å²) < 4.78 is 1.95. The highest BCUT2D eigenvalue weighted by Gasteiger charge is 2.13. The van der Waals surface area contributed by atoms with Gasteiger partial charge in [-0.2, -0.15) is 5.10 Å². The summed E-state index contributed by atoms with van der Waals surface area (Å²) in [7, 11) is 0. The molecule has 0 fully saturated rings. The van der Waals surface area contributed by atoms with Gasteiger partial charge in [0.25, 0.3) is 5.91 Å². The third-order valence-electron chi connectivity index (χ3n) is 5.60. The molecule has 4 rings (SSSR count). The van der Waals surface area contributed by atoms with E-state index in [0.29, 0.717) is 12.1 Å². The summed E-state index contributed by atoms with van der Waals surface area (Å²) >= 11 is 0. The maximum Gasteiger partial charge on any atom is 0.251 e. The molecular formula is C26H27N3O. The van der Waals surface area contributed by atoms with Gasteiger partial charge in [-0.05, 0) is 49.1 Å². The molecule has 30 heavy (non-hydrogen) atoms. The lowest BCUT2D eigenvalue weighted by molar-refractivity contribution is 0.0940. The first-order valence-electron chi connectivity index (χ1n) is 10.4. The summed E-state index contributed by atoms with van der Waals surface area (Å²) in [5, 5.41) is 8.67. The van der Waals surface area contributed by atoms with E-state index in [0.717, 1.165) is 22.9 Å². The number of carbonyl (C=O) groups is 1. The van der Waals surface area contributed by atoms with Crippen LogP contribution in [0.4, 0.5) is 0 Å². The Morgan fingerprint density at radius 3 is 2.40 bits per heavy atom. The minimum atomic E-state index is -0.0768. The quantitative estimate of drug-likeness (QED) is 0.470. The molecule has 1 aromatic heterocycles. The fourth-order valence-electron chi connectivity index (χ4n) is 3.61. The van der Waals surface area contributed by atoms with Gasteiger partial charge in [-0.3, -0.25) is 9.48 Å². The molecule has 1 N–H and O–H groups in total. The van der Waals surface area contributed by atoms with E-state index in [1.807, 2.05) is 36.0 Å². The summed E-state index contributed by atoms with van der Waals surface area (Å²) in [6, 6.07) is 22.6. The Kier molecular flexibility index (Phi) is 5.66. The maximum absolute atomic E-state index is 12.9. The number of hydrogen-bond donors (Lipinski definition) is 1. The minimum absolute atomic E-state index is 0.0587. The smallest absolute Gasteiger partial charge is 0.251 e. The normalized spacial score (nSPS) is 12.1. The van der Waals surface area contributed by atoms with Crippen LogP contribution in [0.15, 0.2) is 72.9 Å². The van der Waals surface area contributed by atoms with E-state index in [4.69, 9.17) is 0 Å². The van der Waals surface area contributed by atoms with Crippen molar-refractivity contribution in [1.29, 1.82) is 0 Å². The highest BCUT2D eigenvalue weighted by atomic mass is 16.1. The number of benzene rings is 3. The zero-order valence-corrected chi connectivity index (χ0v) is 17.7. The zero-order valence-electron chi connectivity index (χ0n) is 17.7. The van der Waals surface area contributed by atoms with Crippen molar-refractivity contribution in [2.45, 2.75) is 39.8 Å². The van der Waals surface area contributed by atoms with Crippen molar-refractivity contribution in [2.75, 3.05) is 0 Å². The first kappa shape index (κ1) is 19.9. The molecule has 0 bridgehead atoms. The molecule has 0 aliphatic heterocycles. The first-order valence-corrected chi connectivity index (χ1v) is 10.4. The predicted molar refractivity (Wildman–Crippen MR) is 122 cm³/mol. The zero-order chi connectivity index (χ0) is 21.1. The largest absolute Gasteiger partial charge is 0.346 e. The average molecular weight is 398 g/mol. The molecule has 152 valence electrons. The number of nitrogens with zero attached hydrogens (tertiary/aromatic N) is 2. The molecule has 4 aromatic rings. The molecule has 4 heteroatoms. The summed E-state index contributed by atoms with van der Waals surface area (Å²) in [5.74, 6) is -0.0768. The van der Waals surface area contributed by atoms with Crippen molar-refractivity contribution < 1.29 is 4.79 Å². The lowest BCUT2D eigenvalue weighted by Gasteiger charge is -2.15. The maximum atomic E-state index is 12.9. The van der Waals surface area contributed by atoms with Crippen LogP contribution in [0.5, 0.6) is 0 Å². The van der Waals surface area contributed by atoms with Crippen molar-refractivity contribution in [3.05, 3.63) is 101 Å². The van der Waals surface area contributed by atoms with E-state index in [-0.39, 0.29) is 11.9 Å². The fraction of sp³-hybridized carbons (Fsp3) is 0.231. The van der Waals surface area contributed by atoms with Gasteiger partial charge in [0.2, 0.25) is 0 Å². The molecular weight excluding hydrogens is 370 g/mol. The molecule has 1 amide bonds. The monoisotopic (exact) mass is 397 g/mol. The number of aryl methyl sites for hydroxylation is 2. The van der Waals surface area contributed by atoms with Crippen LogP contribution < -0.4 is 5.32 Å². The van der Waals surface area contributed by atoms with Crippen LogP contribution in [0.2, 0.25) is 0 Å². The summed E-state index contributed by atoms with van der Waals surface area (Å²) in [5.41, 5.74) is 6.43. The predicted octanol–water partition coefficient (Wildman–Crippen LogP) is 5.45. The van der Waals surface area contributed by atoms with E-state index in [1.165, 1.54) is 16.7 Å². The molecule has 1 atom stereocenters. The molecule has 0 radical (unpaired) electrons. The minimum Gasteiger partial charge on any atom is -0.346 e. The Balaban J connectivity index is 1.53. The van der Waals surface area contributed by atoms with E-state index in [2.05, 4.69) is 72.8 Å². The number of carbonyl (C=O) groups excluding carboxylic acids is 1. The second kappa shape index (κ2) is 8.54. The van der Waals surface area contributed by atoms with Gasteiger partial charge < -0.3 is 5.32 Å². The van der Waals surface area contributed by atoms with Crippen molar-refractivity contribution in [3.8, 4) is 0 Å². The Morgan fingerprint density at radius 2 is 1.70 bits per heavy atom. The number of rotatable bonds is 6. The molecule has 0 saturated heterocycles. The summed E-state index contributed by atoms with van der Waals surface area (Å²) in [6.07, 6.45) is 2.86. The number of amides is 1. The lowest BCUT2D eigenvalue weighted by atomic mass is 10.0. The number of nitrogens with one attached hydrogen (secondary N) is 1. The SMILES string of the molecule is CCc1ccc(C(C)NC(=O)c2ccc3cnn(Cc4ccc(C)cc4)c3c2)cc1. The molecule has 1 heterocycles. The third-order valence-corrected chi connectivity index (χ3v) is 5.60. The number of hydrogen-bond acceptors (Lipinski definition) is 2. The van der Waals surface area contributed by atoms with Crippen LogP contribution in [0.25, 0.3) is 10.9 Å². The van der Waals surface area contributed by atoms with Gasteiger partial charge in [-0.1, -0.05) is 67.1 Å². The number of aromatic nitrogens is 2. The van der Waals surface area contributed by atoms with Gasteiger partial charge in [0.15, 0.2) is 0 Å². The van der Waals surface area contributed by atoms with Gasteiger partial charge in [-0.15, -0.1) is 0 Å². The standard InChI is InChI=1S/C26H27N3O/c1-4-20-9-11-22(12-10-20)19(3)28-26(30)23-13-14-24-16-27-29(25(24)15-23)17-21-7-5-18(2)6-8-21/h5-16,19H,4,17H2,1-3H3,(H,28,30). The van der Waals surface area contributed by atoms with E-state index >= 15 is 0 Å². The van der Waals surface area contributed by atoms with Gasteiger partial charge in [-0.25, -0.2) is 0 Å². The molecule has 1 unspecified atom stereocenters. The highest BCUT2D eigenvalue weighted by Crippen LogP contribution is 2.19. The van der Waals surface area contributed by atoms with Crippen LogP contribution >= 0.6 is 0 Å². The Morgan fingerprint density at radius 1 is 1.00 bits per heavy atom. The molecule has 0 saturated carbocycles. The van der Waals surface area contributed by atoms with Crippen molar-refractivity contribution in [2.24, 2.45) is 0 Å². The van der Waals surface area contributed by atoms with Gasteiger partial charge in [0, 0.05) is 10.9 Å². The van der Waals surface area contributed by atoms with E-state index in [9.17, 15) is 4.79 Å². The molecule has 0 aliphatic carbocycles. The Labute approximate surface area is 177 Å². The summed E-state index contributed by atoms with van der Waals surface area (Å²) in [4.78, 5) is 12.9. The highest BCUT2D eigenvalue weighted by molar-refractivity contribution is 5.98. The van der Waals surface area contributed by atoms with E-state index < -0.39 is 0 Å². The third kappa shape index (κ3) is 4.28. The van der Waals surface area contributed by atoms with Crippen LogP contribution in [0, 0.1) is 6.92 Å². The average Bonchev–Trinajstić information content (AvgIpc) is 3.17. The van der Waals surface area contributed by atoms with Crippen LogP contribution in [-0.2, 0) is 13.0 Å². The van der Waals surface area contributed by atoms with Gasteiger partial charge >= 0.3 is 0 Å². The molecule has 0 spiro atoms. The Hall–Kier alpha value is -3.40. The van der Waals surface area contributed by atoms with Crippen LogP contribution in [-0.4, -0.2) is 15.7 Å². The Bertz CT molecular complexity index is 1160. The topological polar surface area (TPSA) is 46.9 Å². The second-order valence-electron chi connectivity index (χ2n) is 7.85. The first-order chi connectivity index (χ1) is 14.5. The van der Waals surface area contributed by atoms with Gasteiger partial charge in [0.05, 0.1) is 24.3 Å². The number of fused-ring (bicyclic) bond motifs is 1. The molecule has 0 aliphatic rings.